The van der Waals surface area contributed by atoms with Crippen molar-refractivity contribution in [2.45, 2.75) is 11.5 Å². The number of nitrogens with zero attached hydrogens (tertiary/aromatic N) is 1. The molecule has 1 unspecified atom stereocenters. The van der Waals surface area contributed by atoms with Crippen LogP contribution in [0.15, 0.2) is 24.4 Å². The van der Waals surface area contributed by atoms with Gasteiger partial charge in [0, 0.05) is 37.8 Å². The molecule has 0 saturated heterocycles. The predicted molar refractivity (Wildman–Crippen MR) is 60.7 cm³/mol. The molecular weight excluding hydrogens is 210 g/mol. The molecule has 0 bridgehead atoms. The first-order chi connectivity index (χ1) is 7.21. The van der Waals surface area contributed by atoms with Crippen molar-refractivity contribution in [3.63, 3.8) is 0 Å². The fourth-order valence-electron chi connectivity index (χ4n) is 1.56. The van der Waals surface area contributed by atoms with Crippen molar-refractivity contribution < 1.29 is 14.2 Å². The summed E-state index contributed by atoms with van der Waals surface area (Å²) in [6.07, 6.45) is 1.71. The lowest BCUT2D eigenvalue weighted by Crippen LogP contribution is -2.45. The molecule has 1 aromatic heterocycles. The molecule has 1 atom stereocenters. The maximum absolute atomic E-state index is 5.45. The number of ether oxygens (including phenoxy) is 3. The second kappa shape index (κ2) is 5.36. The molecule has 0 aliphatic rings. The Kier molecular flexibility index (Phi) is 4.40. The highest BCUT2D eigenvalue weighted by molar-refractivity contribution is 6.11. The minimum Gasteiger partial charge on any atom is -0.380 e. The first-order valence-corrected chi connectivity index (χ1v) is 5.91. The van der Waals surface area contributed by atoms with Crippen LogP contribution < -0.4 is 0 Å². The van der Waals surface area contributed by atoms with E-state index < -0.39 is 5.79 Å². The molecular formula is C10H17NO3Si. The zero-order valence-electron chi connectivity index (χ0n) is 9.56. The Hall–Kier alpha value is -0.753. The smallest absolute Gasteiger partial charge is 0.234 e. The second-order valence-electron chi connectivity index (χ2n) is 3.17. The second-order valence-corrected chi connectivity index (χ2v) is 4.22. The van der Waals surface area contributed by atoms with Gasteiger partial charge in [0.1, 0.15) is 5.69 Å². The maximum atomic E-state index is 5.45. The molecule has 0 spiro atoms. The topological polar surface area (TPSA) is 40.6 Å². The standard InChI is InChI=1S/C10H17NO3Si/c1-12-9(15)10(13-2,14-3)8-6-4-5-7-11-8/h4-7,9H,1-3,15H3. The van der Waals surface area contributed by atoms with Gasteiger partial charge < -0.3 is 14.2 Å². The lowest BCUT2D eigenvalue weighted by Gasteiger charge is -2.34. The molecule has 0 aromatic carbocycles. The molecule has 1 rings (SSSR count). The third-order valence-electron chi connectivity index (χ3n) is 2.52. The lowest BCUT2D eigenvalue weighted by atomic mass is 10.2. The van der Waals surface area contributed by atoms with E-state index >= 15 is 0 Å². The summed E-state index contributed by atoms with van der Waals surface area (Å²) in [5.74, 6) is -0.887. The minimum atomic E-state index is -0.887. The molecule has 15 heavy (non-hydrogen) atoms. The van der Waals surface area contributed by atoms with Crippen LogP contribution in [0.3, 0.4) is 0 Å². The lowest BCUT2D eigenvalue weighted by molar-refractivity contribution is -0.256. The molecule has 0 saturated carbocycles. The van der Waals surface area contributed by atoms with Gasteiger partial charge in [0.2, 0.25) is 5.79 Å². The number of aromatic nitrogens is 1. The zero-order valence-corrected chi connectivity index (χ0v) is 11.6. The monoisotopic (exact) mass is 227 g/mol. The summed E-state index contributed by atoms with van der Waals surface area (Å²) in [6.45, 7) is 0. The molecule has 0 radical (unpaired) electrons. The van der Waals surface area contributed by atoms with Gasteiger partial charge in [0.15, 0.2) is 0 Å². The molecule has 0 amide bonds. The number of hydrogen-bond acceptors (Lipinski definition) is 4. The first-order valence-electron chi connectivity index (χ1n) is 4.76. The summed E-state index contributed by atoms with van der Waals surface area (Å²) in [7, 11) is 5.63. The first kappa shape index (κ1) is 12.3. The predicted octanol–water partition coefficient (Wildman–Crippen LogP) is -0.135. The Morgan fingerprint density at radius 1 is 1.27 bits per heavy atom. The van der Waals surface area contributed by atoms with Crippen LogP contribution in [-0.2, 0) is 20.0 Å². The Labute approximate surface area is 93.0 Å². The fourth-order valence-corrected chi connectivity index (χ4v) is 2.32. The van der Waals surface area contributed by atoms with E-state index in [1.54, 1.807) is 27.5 Å². The van der Waals surface area contributed by atoms with E-state index in [0.29, 0.717) is 0 Å². The van der Waals surface area contributed by atoms with Crippen molar-refractivity contribution in [1.29, 1.82) is 0 Å². The molecule has 1 heterocycles. The SMILES string of the molecule is COC([SiH3])C(OC)(OC)c1ccccn1. The van der Waals surface area contributed by atoms with E-state index in [2.05, 4.69) is 4.98 Å². The van der Waals surface area contributed by atoms with Crippen molar-refractivity contribution in [3.05, 3.63) is 30.1 Å². The summed E-state index contributed by atoms with van der Waals surface area (Å²) >= 11 is 0. The molecule has 84 valence electrons. The number of methoxy groups -OCH3 is 3. The maximum Gasteiger partial charge on any atom is 0.234 e. The van der Waals surface area contributed by atoms with E-state index in [1.165, 1.54) is 0 Å². The molecule has 1 aromatic rings. The van der Waals surface area contributed by atoms with Gasteiger partial charge in [-0.25, -0.2) is 0 Å². The highest BCUT2D eigenvalue weighted by Gasteiger charge is 2.40. The van der Waals surface area contributed by atoms with Gasteiger partial charge >= 0.3 is 0 Å². The van der Waals surface area contributed by atoms with E-state index in [0.717, 1.165) is 15.9 Å². The van der Waals surface area contributed by atoms with Crippen LogP contribution in [0, 0.1) is 0 Å². The van der Waals surface area contributed by atoms with Crippen LogP contribution >= 0.6 is 0 Å². The minimum absolute atomic E-state index is 0.109. The van der Waals surface area contributed by atoms with Crippen molar-refractivity contribution in [2.24, 2.45) is 0 Å². The van der Waals surface area contributed by atoms with E-state index in [4.69, 9.17) is 14.2 Å². The van der Waals surface area contributed by atoms with Crippen molar-refractivity contribution >= 4 is 10.2 Å². The summed E-state index contributed by atoms with van der Waals surface area (Å²) in [5.41, 5.74) is 0.624. The highest BCUT2D eigenvalue weighted by atomic mass is 28.1. The Bertz CT molecular complexity index is 290. The molecule has 0 fully saturated rings. The van der Waals surface area contributed by atoms with E-state index in [-0.39, 0.29) is 5.73 Å². The quantitative estimate of drug-likeness (QED) is 0.519. The van der Waals surface area contributed by atoms with Crippen LogP contribution in [0.2, 0.25) is 0 Å². The van der Waals surface area contributed by atoms with Crippen LogP contribution in [0.1, 0.15) is 5.69 Å². The number of rotatable bonds is 5. The van der Waals surface area contributed by atoms with Crippen molar-refractivity contribution in [3.8, 4) is 0 Å². The third kappa shape index (κ3) is 2.26. The van der Waals surface area contributed by atoms with E-state index in [1.807, 2.05) is 18.2 Å². The summed E-state index contributed by atoms with van der Waals surface area (Å²) in [5, 5.41) is 0. The molecule has 5 heteroatoms. The summed E-state index contributed by atoms with van der Waals surface area (Å²) in [4.78, 5) is 4.25. The van der Waals surface area contributed by atoms with Gasteiger partial charge in [-0.2, -0.15) is 0 Å². The van der Waals surface area contributed by atoms with Crippen LogP contribution in [0.5, 0.6) is 0 Å². The highest BCUT2D eigenvalue weighted by Crippen LogP contribution is 2.28. The van der Waals surface area contributed by atoms with Gasteiger partial charge in [-0.15, -0.1) is 0 Å². The van der Waals surface area contributed by atoms with Crippen LogP contribution in [-0.4, -0.2) is 42.3 Å². The fraction of sp³-hybridized carbons (Fsp3) is 0.500. The van der Waals surface area contributed by atoms with Crippen molar-refractivity contribution in [2.75, 3.05) is 21.3 Å². The van der Waals surface area contributed by atoms with Crippen LogP contribution in [0.25, 0.3) is 0 Å². The van der Waals surface area contributed by atoms with Gasteiger partial charge in [0.05, 0.1) is 5.73 Å². The Morgan fingerprint density at radius 2 is 1.93 bits per heavy atom. The Balaban J connectivity index is 3.11. The number of hydrogen-bond donors (Lipinski definition) is 0. The van der Waals surface area contributed by atoms with Gasteiger partial charge in [-0.3, -0.25) is 4.98 Å². The van der Waals surface area contributed by atoms with Gasteiger partial charge in [-0.1, -0.05) is 6.07 Å². The molecule has 0 aliphatic carbocycles. The summed E-state index contributed by atoms with van der Waals surface area (Å²) in [6, 6.07) is 5.63. The zero-order chi connectivity index (χ0) is 11.3. The molecule has 4 nitrogen and oxygen atoms in total. The average molecular weight is 227 g/mol. The normalized spacial score (nSPS) is 14.1. The van der Waals surface area contributed by atoms with Gasteiger partial charge in [-0.05, 0) is 12.1 Å². The Morgan fingerprint density at radius 3 is 2.33 bits per heavy atom. The van der Waals surface area contributed by atoms with Crippen molar-refractivity contribution in [1.82, 2.24) is 4.98 Å². The van der Waals surface area contributed by atoms with Gasteiger partial charge in [0.25, 0.3) is 0 Å². The van der Waals surface area contributed by atoms with E-state index in [9.17, 15) is 0 Å². The average Bonchev–Trinajstić information content (AvgIpc) is 2.32. The largest absolute Gasteiger partial charge is 0.380 e. The number of pyridine rings is 1. The third-order valence-corrected chi connectivity index (χ3v) is 3.75. The summed E-state index contributed by atoms with van der Waals surface area (Å²) < 4.78 is 16.2. The molecule has 0 aliphatic heterocycles. The van der Waals surface area contributed by atoms with Crippen LogP contribution in [0.4, 0.5) is 0 Å². The molecule has 0 N–H and O–H groups in total.